The Bertz CT molecular complexity index is 507. The van der Waals surface area contributed by atoms with Crippen LogP contribution < -0.4 is 10.2 Å². The molecule has 1 aromatic rings. The summed E-state index contributed by atoms with van der Waals surface area (Å²) in [5, 5.41) is 3.03. The molecule has 140 valence electrons. The third-order valence-corrected chi connectivity index (χ3v) is 4.99. The summed E-state index contributed by atoms with van der Waals surface area (Å²) < 4.78 is 0. The van der Waals surface area contributed by atoms with Crippen molar-refractivity contribution in [2.45, 2.75) is 26.2 Å². The Hall–Kier alpha value is -1.59. The Morgan fingerprint density at radius 3 is 2.24 bits per heavy atom. The molecule has 0 unspecified atom stereocenters. The van der Waals surface area contributed by atoms with Gasteiger partial charge in [0.05, 0.1) is 0 Å². The van der Waals surface area contributed by atoms with Gasteiger partial charge in [0.15, 0.2) is 0 Å². The van der Waals surface area contributed by atoms with Crippen LogP contribution in [0.4, 0.5) is 5.69 Å². The van der Waals surface area contributed by atoms with E-state index in [0.29, 0.717) is 0 Å². The summed E-state index contributed by atoms with van der Waals surface area (Å²) in [6.07, 6.45) is 3.45. The number of anilines is 1. The van der Waals surface area contributed by atoms with Crippen molar-refractivity contribution < 1.29 is 4.79 Å². The zero-order chi connectivity index (χ0) is 18.1. The molecule has 0 saturated carbocycles. The molecule has 1 N–H and O–H groups in total. The average Bonchev–Trinajstić information content (AvgIpc) is 2.65. The highest BCUT2D eigenvalue weighted by Crippen LogP contribution is 2.12. The number of nitrogens with zero attached hydrogens (tertiary/aromatic N) is 3. The van der Waals surface area contributed by atoms with Crippen molar-refractivity contribution in [3.05, 3.63) is 29.8 Å². The van der Waals surface area contributed by atoms with Gasteiger partial charge in [-0.3, -0.25) is 4.79 Å². The van der Waals surface area contributed by atoms with Gasteiger partial charge in [0.25, 0.3) is 5.91 Å². The minimum atomic E-state index is 0.0287. The molecular formula is C20H34N4O. The van der Waals surface area contributed by atoms with Crippen LogP contribution in [0.2, 0.25) is 0 Å². The zero-order valence-electron chi connectivity index (χ0n) is 16.1. The number of hydrogen-bond acceptors (Lipinski definition) is 4. The fourth-order valence-electron chi connectivity index (χ4n) is 3.18. The first-order chi connectivity index (χ1) is 12.1. The van der Waals surface area contributed by atoms with Crippen LogP contribution in [-0.2, 0) is 0 Å². The number of likely N-dealkylation sites (N-methyl/N-ethyl adjacent to an activating group) is 1. The smallest absolute Gasteiger partial charge is 0.251 e. The quantitative estimate of drug-likeness (QED) is 0.697. The van der Waals surface area contributed by atoms with Crippen molar-refractivity contribution in [2.24, 2.45) is 0 Å². The highest BCUT2D eigenvalue weighted by Gasteiger charge is 2.14. The Kier molecular flexibility index (Phi) is 8.22. The number of piperazine rings is 1. The summed E-state index contributed by atoms with van der Waals surface area (Å²) in [6.45, 7) is 10.2. The molecule has 0 aromatic heterocycles. The van der Waals surface area contributed by atoms with Gasteiger partial charge in [-0.15, -0.1) is 0 Å². The number of amides is 1. The summed E-state index contributed by atoms with van der Waals surface area (Å²) in [5.41, 5.74) is 1.84. The van der Waals surface area contributed by atoms with Gasteiger partial charge in [-0.2, -0.15) is 0 Å². The topological polar surface area (TPSA) is 38.8 Å². The molecule has 1 amide bonds. The van der Waals surface area contributed by atoms with Gasteiger partial charge >= 0.3 is 0 Å². The van der Waals surface area contributed by atoms with E-state index in [4.69, 9.17) is 0 Å². The number of unbranched alkanes of at least 4 members (excludes halogenated alkanes) is 2. The molecule has 5 heteroatoms. The second kappa shape index (κ2) is 10.4. The van der Waals surface area contributed by atoms with E-state index in [0.717, 1.165) is 24.2 Å². The van der Waals surface area contributed by atoms with Gasteiger partial charge in [-0.1, -0.05) is 13.3 Å². The second-order valence-electron chi connectivity index (χ2n) is 7.03. The van der Waals surface area contributed by atoms with E-state index < -0.39 is 0 Å². The minimum Gasteiger partial charge on any atom is -0.378 e. The van der Waals surface area contributed by atoms with E-state index in [2.05, 4.69) is 22.0 Å². The van der Waals surface area contributed by atoms with E-state index in [1.54, 1.807) is 0 Å². The highest BCUT2D eigenvalue weighted by molar-refractivity contribution is 5.94. The van der Waals surface area contributed by atoms with Crippen molar-refractivity contribution in [3.8, 4) is 0 Å². The first-order valence-corrected chi connectivity index (χ1v) is 9.60. The van der Waals surface area contributed by atoms with Crippen LogP contribution in [0.3, 0.4) is 0 Å². The maximum absolute atomic E-state index is 12.1. The SMILES string of the molecule is CCN1CCN(CCCCCNC(=O)c2ccc(N(C)C)cc2)CC1. The van der Waals surface area contributed by atoms with Crippen LogP contribution >= 0.6 is 0 Å². The van der Waals surface area contributed by atoms with Crippen molar-refractivity contribution in [1.82, 2.24) is 15.1 Å². The van der Waals surface area contributed by atoms with E-state index in [1.807, 2.05) is 43.3 Å². The molecule has 1 aliphatic rings. The van der Waals surface area contributed by atoms with E-state index in [-0.39, 0.29) is 5.91 Å². The fraction of sp³-hybridized carbons (Fsp3) is 0.650. The molecule has 1 aliphatic heterocycles. The van der Waals surface area contributed by atoms with Gasteiger partial charge in [-0.05, 0) is 50.2 Å². The van der Waals surface area contributed by atoms with Gasteiger partial charge in [0, 0.05) is 58.1 Å². The van der Waals surface area contributed by atoms with Crippen LogP contribution in [-0.4, -0.2) is 75.6 Å². The maximum Gasteiger partial charge on any atom is 0.251 e. The first-order valence-electron chi connectivity index (χ1n) is 9.60. The Morgan fingerprint density at radius 1 is 1.00 bits per heavy atom. The summed E-state index contributed by atoms with van der Waals surface area (Å²) >= 11 is 0. The standard InChI is InChI=1S/C20H34N4O/c1-4-23-14-16-24(17-15-23)13-7-5-6-12-21-20(25)18-8-10-19(11-9-18)22(2)3/h8-11H,4-7,12-17H2,1-3H3,(H,21,25). The van der Waals surface area contributed by atoms with Crippen LogP contribution in [0.5, 0.6) is 0 Å². The van der Waals surface area contributed by atoms with E-state index in [1.165, 1.54) is 52.1 Å². The average molecular weight is 347 g/mol. The third kappa shape index (κ3) is 6.67. The van der Waals surface area contributed by atoms with Gasteiger partial charge in [-0.25, -0.2) is 0 Å². The molecule has 2 rings (SSSR count). The molecule has 0 atom stereocenters. The fourth-order valence-corrected chi connectivity index (χ4v) is 3.18. The second-order valence-corrected chi connectivity index (χ2v) is 7.03. The third-order valence-electron chi connectivity index (χ3n) is 4.99. The van der Waals surface area contributed by atoms with Crippen LogP contribution in [0.15, 0.2) is 24.3 Å². The highest BCUT2D eigenvalue weighted by atomic mass is 16.1. The van der Waals surface area contributed by atoms with Crippen LogP contribution in [0.1, 0.15) is 36.5 Å². The summed E-state index contributed by atoms with van der Waals surface area (Å²) in [6, 6.07) is 7.74. The molecule has 1 fully saturated rings. The van der Waals surface area contributed by atoms with E-state index in [9.17, 15) is 4.79 Å². The largest absolute Gasteiger partial charge is 0.378 e. The normalized spacial score (nSPS) is 16.0. The van der Waals surface area contributed by atoms with E-state index >= 15 is 0 Å². The lowest BCUT2D eigenvalue weighted by molar-refractivity contribution is 0.0952. The van der Waals surface area contributed by atoms with Crippen LogP contribution in [0, 0.1) is 0 Å². The van der Waals surface area contributed by atoms with Gasteiger partial charge in [0.2, 0.25) is 0 Å². The predicted molar refractivity (Wildman–Crippen MR) is 106 cm³/mol. The summed E-state index contributed by atoms with van der Waals surface area (Å²) in [5.74, 6) is 0.0287. The molecule has 1 heterocycles. The molecule has 0 spiro atoms. The van der Waals surface area contributed by atoms with Gasteiger partial charge < -0.3 is 20.0 Å². The molecule has 1 saturated heterocycles. The number of carbonyl (C=O) groups excluding carboxylic acids is 1. The molecule has 1 aromatic carbocycles. The number of carbonyl (C=O) groups is 1. The number of benzene rings is 1. The predicted octanol–water partition coefficient (Wildman–Crippen LogP) is 2.29. The molecule has 0 radical (unpaired) electrons. The monoisotopic (exact) mass is 346 g/mol. The zero-order valence-corrected chi connectivity index (χ0v) is 16.1. The van der Waals surface area contributed by atoms with Crippen molar-refractivity contribution in [1.29, 1.82) is 0 Å². The molecule has 25 heavy (non-hydrogen) atoms. The molecule has 0 aliphatic carbocycles. The maximum atomic E-state index is 12.1. The Balaban J connectivity index is 1.54. The molecule has 5 nitrogen and oxygen atoms in total. The van der Waals surface area contributed by atoms with Crippen molar-refractivity contribution in [3.63, 3.8) is 0 Å². The molecular weight excluding hydrogens is 312 g/mol. The molecule has 0 bridgehead atoms. The number of hydrogen-bond donors (Lipinski definition) is 1. The minimum absolute atomic E-state index is 0.0287. The summed E-state index contributed by atoms with van der Waals surface area (Å²) in [4.78, 5) is 19.2. The number of rotatable bonds is 9. The first kappa shape index (κ1) is 19.7. The van der Waals surface area contributed by atoms with Gasteiger partial charge in [0.1, 0.15) is 0 Å². The van der Waals surface area contributed by atoms with Crippen LogP contribution in [0.25, 0.3) is 0 Å². The lowest BCUT2D eigenvalue weighted by atomic mass is 10.1. The summed E-state index contributed by atoms with van der Waals surface area (Å²) in [7, 11) is 4.00. The Morgan fingerprint density at radius 2 is 1.64 bits per heavy atom. The van der Waals surface area contributed by atoms with Crippen molar-refractivity contribution >= 4 is 11.6 Å². The van der Waals surface area contributed by atoms with Crippen molar-refractivity contribution in [2.75, 3.05) is 64.8 Å². The number of nitrogens with one attached hydrogen (secondary N) is 1. The Labute approximate surface area is 153 Å². The lowest BCUT2D eigenvalue weighted by Crippen LogP contribution is -2.46. The lowest BCUT2D eigenvalue weighted by Gasteiger charge is -2.33.